The van der Waals surface area contributed by atoms with Crippen LogP contribution in [0, 0.1) is 17.6 Å². The fraction of sp³-hybridized carbons (Fsp3) is 0.278. The number of nitrogens with zero attached hydrogens (tertiary/aromatic N) is 1. The van der Waals surface area contributed by atoms with Gasteiger partial charge >= 0.3 is 0 Å². The van der Waals surface area contributed by atoms with Gasteiger partial charge in [-0.3, -0.25) is 4.79 Å². The molecule has 0 saturated carbocycles. The fourth-order valence-corrected chi connectivity index (χ4v) is 3.99. The Bertz CT molecular complexity index is 884. The molecule has 1 aliphatic rings. The summed E-state index contributed by atoms with van der Waals surface area (Å²) in [4.78, 5) is 13.7. The Hall–Kier alpha value is -2.32. The topological polar surface area (TPSA) is 66.5 Å². The largest absolute Gasteiger partial charge is 0.338 e. The van der Waals surface area contributed by atoms with E-state index in [1.807, 2.05) is 0 Å². The minimum Gasteiger partial charge on any atom is -0.338 e. The predicted molar refractivity (Wildman–Crippen MR) is 91.5 cm³/mol. The number of amides is 1. The summed E-state index contributed by atoms with van der Waals surface area (Å²) in [7, 11) is -3.75. The number of halogens is 2. The van der Waals surface area contributed by atoms with Gasteiger partial charge in [0.2, 0.25) is 15.9 Å². The van der Waals surface area contributed by atoms with Gasteiger partial charge in [-0.15, -0.1) is 0 Å². The van der Waals surface area contributed by atoms with Crippen LogP contribution >= 0.6 is 0 Å². The number of likely N-dealkylation sites (tertiary alicyclic amines) is 1. The highest BCUT2D eigenvalue weighted by Gasteiger charge is 2.30. The van der Waals surface area contributed by atoms with Gasteiger partial charge in [0.25, 0.3) is 0 Å². The van der Waals surface area contributed by atoms with Gasteiger partial charge in [-0.2, -0.15) is 0 Å². The molecule has 0 aromatic heterocycles. The third-order valence-electron chi connectivity index (χ3n) is 4.27. The normalized spacial score (nSPS) is 17.7. The monoisotopic (exact) mass is 380 g/mol. The zero-order valence-corrected chi connectivity index (χ0v) is 14.7. The second-order valence-corrected chi connectivity index (χ2v) is 8.04. The van der Waals surface area contributed by atoms with Crippen molar-refractivity contribution in [2.75, 3.05) is 13.1 Å². The van der Waals surface area contributed by atoms with Crippen LogP contribution in [0.2, 0.25) is 0 Å². The lowest BCUT2D eigenvalue weighted by atomic mass is 10.1. The van der Waals surface area contributed by atoms with Crippen molar-refractivity contribution in [2.45, 2.75) is 17.9 Å². The molecule has 0 radical (unpaired) electrons. The lowest BCUT2D eigenvalue weighted by molar-refractivity contribution is -0.128. The highest BCUT2D eigenvalue weighted by atomic mass is 32.2. The van der Waals surface area contributed by atoms with Crippen LogP contribution in [-0.2, 0) is 21.4 Å². The summed E-state index contributed by atoms with van der Waals surface area (Å²) in [5.74, 6) is -1.07. The van der Waals surface area contributed by atoms with E-state index in [2.05, 4.69) is 4.72 Å². The quantitative estimate of drug-likeness (QED) is 0.836. The van der Waals surface area contributed by atoms with E-state index in [4.69, 9.17) is 0 Å². The predicted octanol–water partition coefficient (Wildman–Crippen LogP) is 2.29. The van der Waals surface area contributed by atoms with Crippen molar-refractivity contribution in [1.82, 2.24) is 9.62 Å². The molecule has 138 valence electrons. The Labute approximate surface area is 150 Å². The van der Waals surface area contributed by atoms with Crippen molar-refractivity contribution < 1.29 is 22.0 Å². The summed E-state index contributed by atoms with van der Waals surface area (Å²) in [6.07, 6.45) is 0.243. The summed E-state index contributed by atoms with van der Waals surface area (Å²) in [6.45, 7) is 0.897. The molecule has 1 fully saturated rings. The van der Waals surface area contributed by atoms with Gasteiger partial charge in [0.1, 0.15) is 11.6 Å². The SMILES string of the molecule is O=C1C[C@@H](CNS(=O)(=O)c2ccc(F)cc2)CN1Cc1ccc(F)cc1. The van der Waals surface area contributed by atoms with Crippen molar-refractivity contribution in [3.05, 3.63) is 65.7 Å². The van der Waals surface area contributed by atoms with Crippen LogP contribution in [0.3, 0.4) is 0 Å². The van der Waals surface area contributed by atoms with E-state index in [1.54, 1.807) is 17.0 Å². The lowest BCUT2D eigenvalue weighted by Gasteiger charge is -2.17. The highest BCUT2D eigenvalue weighted by Crippen LogP contribution is 2.20. The molecule has 2 aromatic carbocycles. The molecule has 2 aromatic rings. The number of rotatable bonds is 6. The zero-order chi connectivity index (χ0) is 18.7. The van der Waals surface area contributed by atoms with Gasteiger partial charge in [-0.1, -0.05) is 12.1 Å². The van der Waals surface area contributed by atoms with E-state index in [-0.39, 0.29) is 35.5 Å². The first-order valence-electron chi connectivity index (χ1n) is 8.11. The number of nitrogens with one attached hydrogen (secondary N) is 1. The molecular weight excluding hydrogens is 362 g/mol. The molecule has 1 amide bonds. The number of sulfonamides is 1. The Morgan fingerprint density at radius 3 is 2.19 bits per heavy atom. The van der Waals surface area contributed by atoms with Gasteiger partial charge in [0.15, 0.2) is 0 Å². The van der Waals surface area contributed by atoms with Gasteiger partial charge in [0.05, 0.1) is 4.90 Å². The summed E-state index contributed by atoms with van der Waals surface area (Å²) in [6, 6.07) is 10.5. The molecule has 26 heavy (non-hydrogen) atoms. The number of hydrogen-bond acceptors (Lipinski definition) is 3. The van der Waals surface area contributed by atoms with Crippen LogP contribution in [-0.4, -0.2) is 32.3 Å². The molecule has 3 rings (SSSR count). The van der Waals surface area contributed by atoms with Crippen molar-refractivity contribution >= 4 is 15.9 Å². The molecule has 0 unspecified atom stereocenters. The summed E-state index contributed by atoms with van der Waals surface area (Å²) in [5, 5.41) is 0. The van der Waals surface area contributed by atoms with Gasteiger partial charge in [-0.05, 0) is 47.9 Å². The molecule has 5 nitrogen and oxygen atoms in total. The molecule has 0 bridgehead atoms. The molecule has 8 heteroatoms. The second kappa shape index (κ2) is 7.51. The van der Waals surface area contributed by atoms with Crippen LogP contribution in [0.25, 0.3) is 0 Å². The van der Waals surface area contributed by atoms with E-state index in [0.29, 0.717) is 13.1 Å². The average Bonchev–Trinajstić information content (AvgIpc) is 2.95. The highest BCUT2D eigenvalue weighted by molar-refractivity contribution is 7.89. The molecule has 1 saturated heterocycles. The maximum atomic E-state index is 12.9. The summed E-state index contributed by atoms with van der Waals surface area (Å²) < 4.78 is 52.8. The van der Waals surface area contributed by atoms with Gasteiger partial charge < -0.3 is 4.90 Å². The number of benzene rings is 2. The molecule has 1 aliphatic heterocycles. The first-order valence-corrected chi connectivity index (χ1v) is 9.59. The first kappa shape index (κ1) is 18.5. The first-order chi connectivity index (χ1) is 12.3. The van der Waals surface area contributed by atoms with Gasteiger partial charge in [0, 0.05) is 26.1 Å². The molecule has 0 spiro atoms. The summed E-state index contributed by atoms with van der Waals surface area (Å²) in [5.41, 5.74) is 0.812. The van der Waals surface area contributed by atoms with Crippen LogP contribution in [0.1, 0.15) is 12.0 Å². The van der Waals surface area contributed by atoms with Crippen LogP contribution in [0.15, 0.2) is 53.4 Å². The number of hydrogen-bond donors (Lipinski definition) is 1. The molecular formula is C18H18F2N2O3S. The smallest absolute Gasteiger partial charge is 0.240 e. The molecule has 0 aliphatic carbocycles. The standard InChI is InChI=1S/C18H18F2N2O3S/c19-15-3-1-13(2-4-15)11-22-12-14(9-18(22)23)10-21-26(24,25)17-7-5-16(20)6-8-17/h1-8,14,21H,9-12H2/t14-/m0/s1. The average molecular weight is 380 g/mol. The lowest BCUT2D eigenvalue weighted by Crippen LogP contribution is -2.31. The van der Waals surface area contributed by atoms with Crippen LogP contribution < -0.4 is 4.72 Å². The van der Waals surface area contributed by atoms with Crippen molar-refractivity contribution in [1.29, 1.82) is 0 Å². The minimum absolute atomic E-state index is 0.0219. The molecule has 1 atom stereocenters. The van der Waals surface area contributed by atoms with Crippen LogP contribution in [0.4, 0.5) is 8.78 Å². The maximum Gasteiger partial charge on any atom is 0.240 e. The van der Waals surface area contributed by atoms with E-state index in [9.17, 15) is 22.0 Å². The fourth-order valence-electron chi connectivity index (χ4n) is 2.88. The van der Waals surface area contributed by atoms with Crippen LogP contribution in [0.5, 0.6) is 0 Å². The third-order valence-corrected chi connectivity index (χ3v) is 5.71. The Morgan fingerprint density at radius 1 is 1.00 bits per heavy atom. The number of carbonyl (C=O) groups is 1. The third kappa shape index (κ3) is 4.44. The van der Waals surface area contributed by atoms with Crippen molar-refractivity contribution in [3.8, 4) is 0 Å². The molecule has 1 heterocycles. The summed E-state index contributed by atoms with van der Waals surface area (Å²) >= 11 is 0. The Balaban J connectivity index is 1.57. The van der Waals surface area contributed by atoms with E-state index in [0.717, 1.165) is 17.7 Å². The number of carbonyl (C=O) groups excluding carboxylic acids is 1. The van der Waals surface area contributed by atoms with E-state index in [1.165, 1.54) is 24.3 Å². The zero-order valence-electron chi connectivity index (χ0n) is 13.9. The van der Waals surface area contributed by atoms with Crippen molar-refractivity contribution in [2.24, 2.45) is 5.92 Å². The van der Waals surface area contributed by atoms with E-state index >= 15 is 0 Å². The van der Waals surface area contributed by atoms with E-state index < -0.39 is 15.8 Å². The Kier molecular flexibility index (Phi) is 5.33. The Morgan fingerprint density at radius 2 is 1.58 bits per heavy atom. The van der Waals surface area contributed by atoms with Gasteiger partial charge in [-0.25, -0.2) is 21.9 Å². The second-order valence-electron chi connectivity index (χ2n) is 6.28. The van der Waals surface area contributed by atoms with Crippen molar-refractivity contribution in [3.63, 3.8) is 0 Å². The molecule has 1 N–H and O–H groups in total. The minimum atomic E-state index is -3.75. The maximum absolute atomic E-state index is 12.9.